The number of nitrogens with zero attached hydrogens (tertiary/aromatic N) is 1. The molecule has 2 N–H and O–H groups in total. The number of halogens is 2. The van der Waals surface area contributed by atoms with Crippen LogP contribution < -0.4 is 10.6 Å². The molecule has 1 heterocycles. The predicted molar refractivity (Wildman–Crippen MR) is 92.3 cm³/mol. The van der Waals surface area contributed by atoms with Gasteiger partial charge in [0.2, 0.25) is 0 Å². The lowest BCUT2D eigenvalue weighted by molar-refractivity contribution is 0.202. The lowest BCUT2D eigenvalue weighted by atomic mass is 9.75. The molecule has 0 radical (unpaired) electrons. The molecule has 3 rings (SSSR count). The number of piperidine rings is 1. The van der Waals surface area contributed by atoms with Crippen molar-refractivity contribution in [3.63, 3.8) is 0 Å². The van der Waals surface area contributed by atoms with E-state index in [4.69, 9.17) is 18.0 Å². The maximum absolute atomic E-state index is 14.6. The molecule has 114 valence electrons. The second-order valence-electron chi connectivity index (χ2n) is 6.16. The van der Waals surface area contributed by atoms with E-state index in [-0.39, 0.29) is 10.8 Å². The summed E-state index contributed by atoms with van der Waals surface area (Å²) in [6, 6.07) is 3.63. The molecule has 2 nitrogen and oxygen atoms in total. The standard InChI is InChI=1S/C16H20BrFN2S/c17-14-12(16(19)21)5-6-13(15(14)18)20-8-7-10-3-1-2-4-11(10)9-20/h5-6,10-11H,1-4,7-9H2,(H2,19,21). The van der Waals surface area contributed by atoms with Gasteiger partial charge >= 0.3 is 0 Å². The molecule has 5 heteroatoms. The van der Waals surface area contributed by atoms with Crippen molar-refractivity contribution in [3.05, 3.63) is 28.0 Å². The van der Waals surface area contributed by atoms with Gasteiger partial charge in [-0.3, -0.25) is 0 Å². The predicted octanol–water partition coefficient (Wildman–Crippen LogP) is 4.24. The van der Waals surface area contributed by atoms with Gasteiger partial charge in [-0.05, 0) is 52.7 Å². The number of thiocarbonyl (C=S) groups is 1. The Labute approximate surface area is 139 Å². The van der Waals surface area contributed by atoms with Crippen LogP contribution in [0.1, 0.15) is 37.7 Å². The number of fused-ring (bicyclic) bond motifs is 1. The van der Waals surface area contributed by atoms with Crippen LogP contribution in [-0.2, 0) is 0 Å². The number of nitrogens with two attached hydrogens (primary N) is 1. The first kappa shape index (κ1) is 15.2. The maximum Gasteiger partial charge on any atom is 0.161 e. The Morgan fingerprint density at radius 2 is 1.95 bits per heavy atom. The smallest absolute Gasteiger partial charge is 0.161 e. The molecular formula is C16H20BrFN2S. The van der Waals surface area contributed by atoms with Crippen LogP contribution in [0.15, 0.2) is 16.6 Å². The lowest BCUT2D eigenvalue weighted by Crippen LogP contribution is -2.42. The SMILES string of the molecule is NC(=S)c1ccc(N2CCC3CCCCC3C2)c(F)c1Br. The van der Waals surface area contributed by atoms with Crippen LogP contribution in [0.4, 0.5) is 10.1 Å². The van der Waals surface area contributed by atoms with Crippen molar-refractivity contribution in [2.75, 3.05) is 18.0 Å². The van der Waals surface area contributed by atoms with Crippen molar-refractivity contribution >= 4 is 38.8 Å². The van der Waals surface area contributed by atoms with Crippen molar-refractivity contribution in [1.82, 2.24) is 0 Å². The zero-order valence-corrected chi connectivity index (χ0v) is 14.4. The first-order valence-corrected chi connectivity index (χ1v) is 8.81. The summed E-state index contributed by atoms with van der Waals surface area (Å²) in [6.45, 7) is 1.91. The molecule has 0 spiro atoms. The highest BCUT2D eigenvalue weighted by Crippen LogP contribution is 2.39. The van der Waals surface area contributed by atoms with E-state index in [9.17, 15) is 4.39 Å². The van der Waals surface area contributed by atoms with Crippen molar-refractivity contribution in [2.45, 2.75) is 32.1 Å². The molecule has 1 aliphatic carbocycles. The highest BCUT2D eigenvalue weighted by Gasteiger charge is 2.32. The van der Waals surface area contributed by atoms with Crippen LogP contribution >= 0.6 is 28.1 Å². The molecule has 1 saturated carbocycles. The summed E-state index contributed by atoms with van der Waals surface area (Å²) < 4.78 is 15.0. The van der Waals surface area contributed by atoms with Crippen LogP contribution in [0.5, 0.6) is 0 Å². The third kappa shape index (κ3) is 2.95. The zero-order chi connectivity index (χ0) is 15.0. The molecule has 21 heavy (non-hydrogen) atoms. The molecule has 2 aliphatic rings. The third-order valence-electron chi connectivity index (χ3n) is 4.96. The monoisotopic (exact) mass is 370 g/mol. The molecule has 1 saturated heterocycles. The fourth-order valence-electron chi connectivity index (χ4n) is 3.79. The summed E-state index contributed by atoms with van der Waals surface area (Å²) in [5, 5.41) is 0. The average molecular weight is 371 g/mol. The normalized spacial score (nSPS) is 25.5. The Morgan fingerprint density at radius 3 is 2.67 bits per heavy atom. The second kappa shape index (κ2) is 6.21. The Bertz CT molecular complexity index is 563. The molecule has 1 aromatic rings. The van der Waals surface area contributed by atoms with Crippen molar-refractivity contribution in [1.29, 1.82) is 0 Å². The summed E-state index contributed by atoms with van der Waals surface area (Å²) in [4.78, 5) is 2.41. The summed E-state index contributed by atoms with van der Waals surface area (Å²) in [5.41, 5.74) is 6.86. The van der Waals surface area contributed by atoms with Crippen LogP contribution in [0.25, 0.3) is 0 Å². The lowest BCUT2D eigenvalue weighted by Gasteiger charge is -2.42. The van der Waals surface area contributed by atoms with E-state index in [1.165, 1.54) is 32.1 Å². The van der Waals surface area contributed by atoms with Gasteiger partial charge in [0.1, 0.15) is 4.99 Å². The topological polar surface area (TPSA) is 29.3 Å². The Kier molecular flexibility index (Phi) is 4.50. The number of benzene rings is 1. The largest absolute Gasteiger partial charge is 0.389 e. The third-order valence-corrected chi connectivity index (χ3v) is 5.95. The molecule has 2 unspecified atom stereocenters. The minimum atomic E-state index is -0.241. The number of rotatable bonds is 2. The molecular weight excluding hydrogens is 351 g/mol. The second-order valence-corrected chi connectivity index (χ2v) is 7.40. The van der Waals surface area contributed by atoms with E-state index in [1.54, 1.807) is 0 Å². The van der Waals surface area contributed by atoms with E-state index < -0.39 is 0 Å². The first-order valence-electron chi connectivity index (χ1n) is 7.60. The highest BCUT2D eigenvalue weighted by molar-refractivity contribution is 9.10. The summed E-state index contributed by atoms with van der Waals surface area (Å²) in [7, 11) is 0. The molecule has 1 aromatic carbocycles. The molecule has 0 amide bonds. The Morgan fingerprint density at radius 1 is 1.24 bits per heavy atom. The van der Waals surface area contributed by atoms with Gasteiger partial charge in [0.05, 0.1) is 10.2 Å². The Balaban J connectivity index is 1.84. The summed E-state index contributed by atoms with van der Waals surface area (Å²) >= 11 is 8.25. The minimum absolute atomic E-state index is 0.221. The van der Waals surface area contributed by atoms with Crippen LogP contribution in [-0.4, -0.2) is 18.1 Å². The molecule has 0 aromatic heterocycles. The van der Waals surface area contributed by atoms with Crippen molar-refractivity contribution in [3.8, 4) is 0 Å². The Hall–Kier alpha value is -0.680. The van der Waals surface area contributed by atoms with Gasteiger partial charge in [-0.1, -0.05) is 31.5 Å². The summed E-state index contributed by atoms with van der Waals surface area (Å²) in [6.07, 6.45) is 6.50. The van der Waals surface area contributed by atoms with Gasteiger partial charge in [0.15, 0.2) is 5.82 Å². The maximum atomic E-state index is 14.6. The fraction of sp³-hybridized carbons (Fsp3) is 0.562. The summed E-state index contributed by atoms with van der Waals surface area (Å²) in [5.74, 6) is 1.33. The van der Waals surface area contributed by atoms with Gasteiger partial charge in [-0.15, -0.1) is 0 Å². The number of hydrogen-bond acceptors (Lipinski definition) is 2. The van der Waals surface area contributed by atoms with Gasteiger partial charge in [0.25, 0.3) is 0 Å². The molecule has 1 aliphatic heterocycles. The molecule has 2 atom stereocenters. The van der Waals surface area contributed by atoms with E-state index >= 15 is 0 Å². The van der Waals surface area contributed by atoms with E-state index in [2.05, 4.69) is 20.8 Å². The van der Waals surface area contributed by atoms with E-state index in [1.807, 2.05) is 12.1 Å². The van der Waals surface area contributed by atoms with E-state index in [0.29, 0.717) is 15.7 Å². The van der Waals surface area contributed by atoms with Crippen LogP contribution in [0.3, 0.4) is 0 Å². The van der Waals surface area contributed by atoms with E-state index in [0.717, 1.165) is 24.9 Å². The van der Waals surface area contributed by atoms with Gasteiger partial charge in [-0.2, -0.15) is 0 Å². The van der Waals surface area contributed by atoms with Gasteiger partial charge < -0.3 is 10.6 Å². The van der Waals surface area contributed by atoms with Gasteiger partial charge in [-0.25, -0.2) is 4.39 Å². The van der Waals surface area contributed by atoms with Crippen LogP contribution in [0, 0.1) is 17.7 Å². The van der Waals surface area contributed by atoms with Crippen LogP contribution in [0.2, 0.25) is 0 Å². The molecule has 0 bridgehead atoms. The first-order chi connectivity index (χ1) is 10.1. The molecule has 2 fully saturated rings. The highest BCUT2D eigenvalue weighted by atomic mass is 79.9. The van der Waals surface area contributed by atoms with Gasteiger partial charge in [0, 0.05) is 18.7 Å². The fourth-order valence-corrected chi connectivity index (χ4v) is 4.64. The van der Waals surface area contributed by atoms with Crippen molar-refractivity contribution in [2.24, 2.45) is 17.6 Å². The number of anilines is 1. The average Bonchev–Trinajstić information content (AvgIpc) is 2.49. The quantitative estimate of drug-likeness (QED) is 0.789. The minimum Gasteiger partial charge on any atom is -0.389 e. The van der Waals surface area contributed by atoms with Crippen molar-refractivity contribution < 1.29 is 4.39 Å². The number of hydrogen-bond donors (Lipinski definition) is 1. The zero-order valence-electron chi connectivity index (χ0n) is 11.9.